The molecule has 0 N–H and O–H groups in total. The van der Waals surface area contributed by atoms with Crippen molar-refractivity contribution < 1.29 is 13.2 Å². The molecule has 7 heteroatoms. The van der Waals surface area contributed by atoms with Crippen molar-refractivity contribution in [2.45, 2.75) is 11.8 Å². The Morgan fingerprint density at radius 3 is 2.37 bits per heavy atom. The molecule has 1 fully saturated rings. The molecule has 0 atom stereocenters. The molecule has 2 heterocycles. The van der Waals surface area contributed by atoms with Crippen LogP contribution >= 0.6 is 0 Å². The van der Waals surface area contributed by atoms with E-state index in [-0.39, 0.29) is 17.3 Å². The van der Waals surface area contributed by atoms with E-state index in [2.05, 4.69) is 30.0 Å². The molecule has 154 valence electrons. The van der Waals surface area contributed by atoms with E-state index in [1.54, 1.807) is 23.1 Å². The monoisotopic (exact) mass is 421 g/mol. The number of rotatable bonds is 3. The highest BCUT2D eigenvalue weighted by Crippen LogP contribution is 2.41. The summed E-state index contributed by atoms with van der Waals surface area (Å²) in [5, 5.41) is 1.58. The Kier molecular flexibility index (Phi) is 4.43. The first-order valence-electron chi connectivity index (χ1n) is 10.1. The summed E-state index contributed by atoms with van der Waals surface area (Å²) < 4.78 is 27.5. The molecule has 3 aromatic rings. The number of nitrogens with zero attached hydrogens (tertiary/aromatic N) is 3. The molecule has 0 saturated carbocycles. The predicted octanol–water partition coefficient (Wildman–Crippen LogP) is 3.01. The molecular formula is C23H23N3O3S. The zero-order chi connectivity index (χ0) is 20.9. The van der Waals surface area contributed by atoms with Gasteiger partial charge in [0.25, 0.3) is 10.0 Å². The molecule has 0 radical (unpaired) electrons. The van der Waals surface area contributed by atoms with Gasteiger partial charge in [0.15, 0.2) is 0 Å². The summed E-state index contributed by atoms with van der Waals surface area (Å²) in [5.74, 6) is -0.160. The van der Waals surface area contributed by atoms with Gasteiger partial charge in [0.1, 0.15) is 6.54 Å². The fraction of sp³-hybridized carbons (Fsp3) is 0.261. The van der Waals surface area contributed by atoms with Crippen LogP contribution in [0.5, 0.6) is 0 Å². The number of hydrogen-bond acceptors (Lipinski definition) is 4. The third kappa shape index (κ3) is 3.01. The average molecular weight is 422 g/mol. The number of amides is 1. The molecule has 2 aliphatic rings. The number of carbonyl (C=O) groups is 1. The maximum absolute atomic E-state index is 13.1. The normalized spacial score (nSPS) is 17.6. The molecule has 6 nitrogen and oxygen atoms in total. The molecule has 3 aromatic carbocycles. The van der Waals surface area contributed by atoms with Crippen LogP contribution in [-0.2, 0) is 14.8 Å². The average Bonchev–Trinajstić information content (AvgIpc) is 2.97. The third-order valence-electron chi connectivity index (χ3n) is 5.96. The highest BCUT2D eigenvalue weighted by molar-refractivity contribution is 7.93. The SMILES string of the molecule is Cc1cccc(N2CCN(C(=O)CN3c4cccc5cccc(c45)S3(=O)=O)CC2)c1. The lowest BCUT2D eigenvalue weighted by molar-refractivity contribution is -0.129. The van der Waals surface area contributed by atoms with Gasteiger partial charge in [-0.3, -0.25) is 9.10 Å². The Bertz CT molecular complexity index is 1240. The number of benzene rings is 3. The van der Waals surface area contributed by atoms with E-state index in [1.165, 1.54) is 9.87 Å². The van der Waals surface area contributed by atoms with Gasteiger partial charge in [-0.05, 0) is 42.1 Å². The minimum atomic E-state index is -3.72. The molecule has 5 rings (SSSR count). The van der Waals surface area contributed by atoms with Crippen molar-refractivity contribution in [2.24, 2.45) is 0 Å². The Morgan fingerprint density at radius 1 is 0.933 bits per heavy atom. The van der Waals surface area contributed by atoms with Gasteiger partial charge < -0.3 is 9.80 Å². The molecule has 0 aromatic heterocycles. The second-order valence-corrected chi connectivity index (χ2v) is 9.68. The van der Waals surface area contributed by atoms with E-state index in [0.717, 1.165) is 24.2 Å². The van der Waals surface area contributed by atoms with Crippen molar-refractivity contribution in [1.29, 1.82) is 0 Å². The van der Waals surface area contributed by atoms with Crippen LogP contribution in [0.1, 0.15) is 5.56 Å². The summed E-state index contributed by atoms with van der Waals surface area (Å²) >= 11 is 0. The second-order valence-electron chi connectivity index (χ2n) is 7.85. The molecule has 0 aliphatic carbocycles. The summed E-state index contributed by atoms with van der Waals surface area (Å²) in [4.78, 5) is 17.3. The van der Waals surface area contributed by atoms with Crippen LogP contribution in [-0.4, -0.2) is 51.9 Å². The second kappa shape index (κ2) is 7.02. The Balaban J connectivity index is 1.33. The van der Waals surface area contributed by atoms with E-state index >= 15 is 0 Å². The number of aryl methyl sites for hydroxylation is 1. The van der Waals surface area contributed by atoms with E-state index in [0.29, 0.717) is 24.2 Å². The van der Waals surface area contributed by atoms with E-state index in [1.807, 2.05) is 24.3 Å². The molecule has 30 heavy (non-hydrogen) atoms. The number of anilines is 2. The fourth-order valence-corrected chi connectivity index (χ4v) is 6.05. The van der Waals surface area contributed by atoms with E-state index < -0.39 is 10.0 Å². The molecule has 0 bridgehead atoms. The highest BCUT2D eigenvalue weighted by Gasteiger charge is 2.37. The Hall–Kier alpha value is -3.06. The van der Waals surface area contributed by atoms with Gasteiger partial charge in [0, 0.05) is 37.3 Å². The van der Waals surface area contributed by atoms with Crippen LogP contribution in [0.3, 0.4) is 0 Å². The molecule has 1 amide bonds. The Morgan fingerprint density at radius 2 is 1.63 bits per heavy atom. The van der Waals surface area contributed by atoms with Gasteiger partial charge >= 0.3 is 0 Å². The van der Waals surface area contributed by atoms with Crippen LogP contribution in [0.25, 0.3) is 10.8 Å². The molecule has 1 saturated heterocycles. The number of carbonyl (C=O) groups excluding carboxylic acids is 1. The third-order valence-corrected chi connectivity index (χ3v) is 7.76. The lowest BCUT2D eigenvalue weighted by Crippen LogP contribution is -2.51. The lowest BCUT2D eigenvalue weighted by atomic mass is 10.1. The summed E-state index contributed by atoms with van der Waals surface area (Å²) in [6.07, 6.45) is 0. The van der Waals surface area contributed by atoms with Gasteiger partial charge in [-0.15, -0.1) is 0 Å². The van der Waals surface area contributed by atoms with Crippen molar-refractivity contribution in [1.82, 2.24) is 4.90 Å². The first kappa shape index (κ1) is 18.9. The Labute approximate surface area is 176 Å². The minimum Gasteiger partial charge on any atom is -0.368 e. The number of hydrogen-bond donors (Lipinski definition) is 0. The summed E-state index contributed by atoms with van der Waals surface area (Å²) in [7, 11) is -3.72. The van der Waals surface area contributed by atoms with Crippen LogP contribution in [0.2, 0.25) is 0 Å². The van der Waals surface area contributed by atoms with Gasteiger partial charge in [0.05, 0.1) is 10.6 Å². The largest absolute Gasteiger partial charge is 0.368 e. The molecule has 0 spiro atoms. The molecule has 2 aliphatic heterocycles. The van der Waals surface area contributed by atoms with Crippen LogP contribution in [0.15, 0.2) is 65.6 Å². The van der Waals surface area contributed by atoms with Gasteiger partial charge in [0.2, 0.25) is 5.91 Å². The lowest BCUT2D eigenvalue weighted by Gasteiger charge is -2.37. The summed E-state index contributed by atoms with van der Waals surface area (Å²) in [6.45, 7) is 4.53. The quantitative estimate of drug-likeness (QED) is 0.652. The van der Waals surface area contributed by atoms with E-state index in [4.69, 9.17) is 0 Å². The van der Waals surface area contributed by atoms with Gasteiger partial charge in [-0.2, -0.15) is 0 Å². The van der Waals surface area contributed by atoms with Crippen molar-refractivity contribution in [2.75, 3.05) is 41.9 Å². The topological polar surface area (TPSA) is 60.9 Å². The smallest absolute Gasteiger partial charge is 0.265 e. The number of piperazine rings is 1. The van der Waals surface area contributed by atoms with Crippen LogP contribution in [0.4, 0.5) is 11.4 Å². The van der Waals surface area contributed by atoms with Crippen molar-refractivity contribution >= 4 is 38.1 Å². The minimum absolute atomic E-state index is 0.160. The van der Waals surface area contributed by atoms with E-state index in [9.17, 15) is 13.2 Å². The first-order chi connectivity index (χ1) is 14.4. The zero-order valence-corrected chi connectivity index (χ0v) is 17.6. The zero-order valence-electron chi connectivity index (χ0n) is 16.8. The van der Waals surface area contributed by atoms with Crippen molar-refractivity contribution in [3.05, 3.63) is 66.2 Å². The fourth-order valence-electron chi connectivity index (χ4n) is 4.39. The molecular weight excluding hydrogens is 398 g/mol. The van der Waals surface area contributed by atoms with Crippen LogP contribution in [0, 0.1) is 6.92 Å². The maximum Gasteiger partial charge on any atom is 0.265 e. The van der Waals surface area contributed by atoms with Crippen molar-refractivity contribution in [3.8, 4) is 0 Å². The van der Waals surface area contributed by atoms with Gasteiger partial charge in [-0.1, -0.05) is 36.4 Å². The van der Waals surface area contributed by atoms with Crippen molar-refractivity contribution in [3.63, 3.8) is 0 Å². The first-order valence-corrected chi connectivity index (χ1v) is 11.5. The maximum atomic E-state index is 13.1. The summed E-state index contributed by atoms with van der Waals surface area (Å²) in [6, 6.07) is 19.1. The van der Waals surface area contributed by atoms with Crippen LogP contribution < -0.4 is 9.21 Å². The number of sulfonamides is 1. The summed E-state index contributed by atoms with van der Waals surface area (Å²) in [5.41, 5.74) is 2.96. The molecule has 0 unspecified atom stereocenters. The highest BCUT2D eigenvalue weighted by atomic mass is 32.2. The standard InChI is InChI=1S/C23H23N3O3S/c1-17-5-2-8-19(15-17)24-11-13-25(14-12-24)22(27)16-26-20-9-3-6-18-7-4-10-21(23(18)20)30(26,28)29/h2-10,15H,11-14,16H2,1H3. The van der Waals surface area contributed by atoms with Gasteiger partial charge in [-0.25, -0.2) is 8.42 Å². The predicted molar refractivity (Wildman–Crippen MR) is 118 cm³/mol.